The molecule has 0 aliphatic heterocycles. The first kappa shape index (κ1) is 13.9. The first-order valence-corrected chi connectivity index (χ1v) is 7.82. The molecule has 1 aromatic carbocycles. The van der Waals surface area contributed by atoms with Crippen molar-refractivity contribution in [2.24, 2.45) is 0 Å². The van der Waals surface area contributed by atoms with E-state index in [4.69, 9.17) is 0 Å². The molecule has 0 fully saturated rings. The number of aryl methyl sites for hydroxylation is 3. The van der Waals surface area contributed by atoms with Gasteiger partial charge in [0.1, 0.15) is 5.75 Å². The minimum Gasteiger partial charge on any atom is -0.507 e. The average Bonchev–Trinajstić information content (AvgIpc) is 2.95. The van der Waals surface area contributed by atoms with E-state index in [9.17, 15) is 5.11 Å². The van der Waals surface area contributed by atoms with Crippen LogP contribution in [0, 0.1) is 27.7 Å². The van der Waals surface area contributed by atoms with E-state index in [1.807, 2.05) is 32.9 Å². The molecule has 0 aliphatic carbocycles. The number of benzene rings is 1. The fraction of sp³-hybridized carbons (Fsp3) is 0.312. The molecular formula is C16H19N3OS. The fourth-order valence-corrected chi connectivity index (χ4v) is 3.51. The third kappa shape index (κ3) is 2.27. The number of fused-ring (bicyclic) bond motifs is 1. The van der Waals surface area contributed by atoms with Gasteiger partial charge in [0, 0.05) is 22.3 Å². The van der Waals surface area contributed by atoms with Gasteiger partial charge in [-0.15, -0.1) is 11.3 Å². The summed E-state index contributed by atoms with van der Waals surface area (Å²) in [6, 6.07) is 3.94. The second-order valence-corrected chi connectivity index (χ2v) is 6.23. The summed E-state index contributed by atoms with van der Waals surface area (Å²) in [4.78, 5) is 5.63. The summed E-state index contributed by atoms with van der Waals surface area (Å²) in [6.07, 6.45) is 0. The number of thiazole rings is 1. The third-order valence-electron chi connectivity index (χ3n) is 3.91. The van der Waals surface area contributed by atoms with Gasteiger partial charge >= 0.3 is 0 Å². The second-order valence-electron chi connectivity index (χ2n) is 5.40. The van der Waals surface area contributed by atoms with Crippen molar-refractivity contribution in [2.75, 3.05) is 5.32 Å². The summed E-state index contributed by atoms with van der Waals surface area (Å²) in [7, 11) is 0. The molecule has 2 aromatic heterocycles. The Bertz CT molecular complexity index is 817. The van der Waals surface area contributed by atoms with Crippen molar-refractivity contribution >= 4 is 22.0 Å². The van der Waals surface area contributed by atoms with Crippen molar-refractivity contribution in [1.29, 1.82) is 0 Å². The molecule has 0 saturated carbocycles. The number of nitrogens with zero attached hydrogens (tertiary/aromatic N) is 2. The predicted molar refractivity (Wildman–Crippen MR) is 87.5 cm³/mol. The monoisotopic (exact) mass is 301 g/mol. The largest absolute Gasteiger partial charge is 0.507 e. The molecular weight excluding hydrogens is 282 g/mol. The van der Waals surface area contributed by atoms with Crippen LogP contribution in [-0.2, 0) is 6.54 Å². The Morgan fingerprint density at radius 1 is 1.24 bits per heavy atom. The van der Waals surface area contributed by atoms with Gasteiger partial charge in [-0.1, -0.05) is 6.07 Å². The standard InChI is InChI=1S/C16H19N3OS/c1-9-5-6-13(11(3)15(9)20)17-7-14-12(4)18-16-19(14)10(2)8-21-16/h5-6,8,17,20H,7H2,1-4H3. The molecule has 0 unspecified atom stereocenters. The van der Waals surface area contributed by atoms with Gasteiger partial charge in [-0.25, -0.2) is 4.98 Å². The summed E-state index contributed by atoms with van der Waals surface area (Å²) < 4.78 is 2.19. The summed E-state index contributed by atoms with van der Waals surface area (Å²) in [5, 5.41) is 15.6. The lowest BCUT2D eigenvalue weighted by Crippen LogP contribution is -2.06. The Morgan fingerprint density at radius 3 is 2.76 bits per heavy atom. The van der Waals surface area contributed by atoms with Crippen molar-refractivity contribution < 1.29 is 5.11 Å². The number of phenolic OH excluding ortho intramolecular Hbond substituents is 1. The van der Waals surface area contributed by atoms with Gasteiger partial charge in [0.05, 0.1) is 17.9 Å². The third-order valence-corrected chi connectivity index (χ3v) is 4.85. The first-order chi connectivity index (χ1) is 9.99. The van der Waals surface area contributed by atoms with Crippen LogP contribution < -0.4 is 5.32 Å². The summed E-state index contributed by atoms with van der Waals surface area (Å²) in [5.74, 6) is 0.363. The zero-order valence-electron chi connectivity index (χ0n) is 12.7. The molecule has 0 atom stereocenters. The van der Waals surface area contributed by atoms with Crippen LogP contribution in [0.5, 0.6) is 5.75 Å². The van der Waals surface area contributed by atoms with Crippen LogP contribution in [0.25, 0.3) is 4.96 Å². The molecule has 3 rings (SSSR count). The van der Waals surface area contributed by atoms with Gasteiger partial charge < -0.3 is 10.4 Å². The molecule has 0 spiro atoms. The number of anilines is 1. The zero-order valence-corrected chi connectivity index (χ0v) is 13.5. The molecule has 2 heterocycles. The lowest BCUT2D eigenvalue weighted by Gasteiger charge is -2.12. The highest BCUT2D eigenvalue weighted by molar-refractivity contribution is 7.15. The SMILES string of the molecule is Cc1ccc(NCc2c(C)nc3scc(C)n23)c(C)c1O. The van der Waals surface area contributed by atoms with Crippen LogP contribution in [0.4, 0.5) is 5.69 Å². The van der Waals surface area contributed by atoms with Crippen molar-refractivity contribution in [1.82, 2.24) is 9.38 Å². The summed E-state index contributed by atoms with van der Waals surface area (Å²) in [5.41, 5.74) is 6.16. The summed E-state index contributed by atoms with van der Waals surface area (Å²) >= 11 is 1.66. The van der Waals surface area contributed by atoms with Crippen molar-refractivity contribution in [3.8, 4) is 5.75 Å². The van der Waals surface area contributed by atoms with E-state index < -0.39 is 0 Å². The zero-order chi connectivity index (χ0) is 15.1. The number of imidazole rings is 1. The van der Waals surface area contributed by atoms with Gasteiger partial charge in [-0.3, -0.25) is 4.40 Å². The highest BCUT2D eigenvalue weighted by Gasteiger charge is 2.13. The van der Waals surface area contributed by atoms with Crippen molar-refractivity contribution in [2.45, 2.75) is 34.2 Å². The maximum absolute atomic E-state index is 10.0. The van der Waals surface area contributed by atoms with Crippen molar-refractivity contribution in [3.05, 3.63) is 45.7 Å². The molecule has 0 aliphatic rings. The predicted octanol–water partition coefficient (Wildman–Crippen LogP) is 3.95. The second kappa shape index (κ2) is 5.07. The molecule has 0 saturated heterocycles. The van der Waals surface area contributed by atoms with Crippen molar-refractivity contribution in [3.63, 3.8) is 0 Å². The van der Waals surface area contributed by atoms with Gasteiger partial charge in [0.15, 0.2) is 4.96 Å². The quantitative estimate of drug-likeness (QED) is 0.770. The van der Waals surface area contributed by atoms with Gasteiger partial charge in [-0.05, 0) is 39.3 Å². The Kier molecular flexibility index (Phi) is 3.37. The van der Waals surface area contributed by atoms with E-state index in [1.54, 1.807) is 11.3 Å². The Hall–Kier alpha value is -2.01. The number of rotatable bonds is 3. The smallest absolute Gasteiger partial charge is 0.194 e. The normalized spacial score (nSPS) is 11.2. The summed E-state index contributed by atoms with van der Waals surface area (Å²) in [6.45, 7) is 8.66. The maximum Gasteiger partial charge on any atom is 0.194 e. The van der Waals surface area contributed by atoms with E-state index >= 15 is 0 Å². The first-order valence-electron chi connectivity index (χ1n) is 6.94. The molecule has 5 heteroatoms. The number of phenols is 1. The fourth-order valence-electron chi connectivity index (χ4n) is 2.58. The molecule has 4 nitrogen and oxygen atoms in total. The lowest BCUT2D eigenvalue weighted by molar-refractivity contribution is 0.467. The minimum atomic E-state index is 0.363. The highest BCUT2D eigenvalue weighted by atomic mass is 32.1. The van der Waals surface area contributed by atoms with E-state index in [0.717, 1.165) is 27.5 Å². The molecule has 0 radical (unpaired) electrons. The minimum absolute atomic E-state index is 0.363. The Labute approximate surface area is 128 Å². The molecule has 0 bridgehead atoms. The van der Waals surface area contributed by atoms with E-state index in [-0.39, 0.29) is 0 Å². The molecule has 0 amide bonds. The van der Waals surface area contributed by atoms with Crippen LogP contribution >= 0.6 is 11.3 Å². The molecule has 3 aromatic rings. The van der Waals surface area contributed by atoms with Gasteiger partial charge in [-0.2, -0.15) is 0 Å². The number of hydrogen-bond donors (Lipinski definition) is 2. The van der Waals surface area contributed by atoms with E-state index in [2.05, 4.69) is 27.0 Å². The highest BCUT2D eigenvalue weighted by Crippen LogP contribution is 2.29. The molecule has 110 valence electrons. The Balaban J connectivity index is 1.92. The van der Waals surface area contributed by atoms with Gasteiger partial charge in [0.25, 0.3) is 0 Å². The number of aromatic nitrogens is 2. The molecule has 2 N–H and O–H groups in total. The van der Waals surface area contributed by atoms with Crippen LogP contribution in [0.3, 0.4) is 0 Å². The van der Waals surface area contributed by atoms with Crippen LogP contribution in [-0.4, -0.2) is 14.5 Å². The topological polar surface area (TPSA) is 49.6 Å². The van der Waals surface area contributed by atoms with Crippen LogP contribution in [0.1, 0.15) is 28.2 Å². The number of nitrogens with one attached hydrogen (secondary N) is 1. The van der Waals surface area contributed by atoms with Gasteiger partial charge in [0.2, 0.25) is 0 Å². The Morgan fingerprint density at radius 2 is 2.00 bits per heavy atom. The lowest BCUT2D eigenvalue weighted by atomic mass is 10.1. The number of aromatic hydroxyl groups is 1. The van der Waals surface area contributed by atoms with E-state index in [1.165, 1.54) is 11.4 Å². The average molecular weight is 301 g/mol. The van der Waals surface area contributed by atoms with Crippen LogP contribution in [0.15, 0.2) is 17.5 Å². The molecule has 21 heavy (non-hydrogen) atoms. The number of hydrogen-bond acceptors (Lipinski definition) is 4. The maximum atomic E-state index is 10.0. The van der Waals surface area contributed by atoms with Crippen LogP contribution in [0.2, 0.25) is 0 Å². The van der Waals surface area contributed by atoms with E-state index in [0.29, 0.717) is 12.3 Å².